The fourth-order valence-corrected chi connectivity index (χ4v) is 5.50. The van der Waals surface area contributed by atoms with Crippen LogP contribution in [-0.2, 0) is 14.4 Å². The predicted octanol–water partition coefficient (Wildman–Crippen LogP) is 5.04. The third-order valence-electron chi connectivity index (χ3n) is 5.77. The van der Waals surface area contributed by atoms with Crippen LogP contribution in [0.5, 0.6) is 0 Å². The molecule has 2 N–H and O–H groups in total. The van der Waals surface area contributed by atoms with Gasteiger partial charge in [0, 0.05) is 5.25 Å². The van der Waals surface area contributed by atoms with Gasteiger partial charge in [0.05, 0.1) is 6.61 Å². The molecule has 3 rings (SSSR count). The zero-order valence-corrected chi connectivity index (χ0v) is 18.6. The number of primary amides is 1. The van der Waals surface area contributed by atoms with Crippen molar-refractivity contribution in [3.63, 3.8) is 0 Å². The van der Waals surface area contributed by atoms with E-state index in [9.17, 15) is 4.79 Å². The third kappa shape index (κ3) is 7.02. The average Bonchev–Trinajstić information content (AvgIpc) is 3.37. The maximum absolute atomic E-state index is 11.4. The molecule has 3 aliphatic rings. The Labute approximate surface area is 174 Å². The molecule has 2 aliphatic carbocycles. The van der Waals surface area contributed by atoms with Crippen LogP contribution in [0.25, 0.3) is 0 Å². The van der Waals surface area contributed by atoms with Crippen molar-refractivity contribution in [1.82, 2.24) is 0 Å². The van der Waals surface area contributed by atoms with Crippen LogP contribution in [0.15, 0.2) is 17.3 Å². The molecule has 5 nitrogen and oxygen atoms in total. The van der Waals surface area contributed by atoms with E-state index >= 15 is 0 Å². The number of ether oxygens (including phenoxy) is 1. The molecule has 0 bridgehead atoms. The SMILES string of the molecule is CCC1C=CCC(CC)C1.CCCOC1=NOC(C(N)=O)C1SC1CCCC1. The van der Waals surface area contributed by atoms with Crippen LogP contribution in [-0.4, -0.2) is 35.0 Å². The first-order chi connectivity index (χ1) is 13.6. The summed E-state index contributed by atoms with van der Waals surface area (Å²) in [7, 11) is 0. The van der Waals surface area contributed by atoms with E-state index in [-0.39, 0.29) is 5.25 Å². The van der Waals surface area contributed by atoms with Gasteiger partial charge in [-0.2, -0.15) is 0 Å². The zero-order chi connectivity index (χ0) is 20.4. The molecular formula is C22H38N2O3S. The fourth-order valence-electron chi connectivity index (χ4n) is 3.93. The van der Waals surface area contributed by atoms with Crippen LogP contribution in [0.1, 0.15) is 78.6 Å². The molecule has 0 aromatic heterocycles. The second-order valence-electron chi connectivity index (χ2n) is 8.01. The highest BCUT2D eigenvalue weighted by molar-refractivity contribution is 8.01. The summed E-state index contributed by atoms with van der Waals surface area (Å²) in [5.74, 6) is 1.93. The molecule has 0 radical (unpaired) electrons. The second kappa shape index (κ2) is 12.4. The number of hydrogen-bond acceptors (Lipinski definition) is 5. The van der Waals surface area contributed by atoms with Crippen LogP contribution >= 0.6 is 11.8 Å². The Morgan fingerprint density at radius 1 is 1.29 bits per heavy atom. The molecule has 1 saturated carbocycles. The molecule has 160 valence electrons. The van der Waals surface area contributed by atoms with Crippen LogP contribution in [0.4, 0.5) is 0 Å². The quantitative estimate of drug-likeness (QED) is 0.596. The molecule has 0 saturated heterocycles. The third-order valence-corrected chi connectivity index (χ3v) is 7.36. The maximum Gasteiger partial charge on any atom is 0.263 e. The Morgan fingerprint density at radius 2 is 2.04 bits per heavy atom. The summed E-state index contributed by atoms with van der Waals surface area (Å²) < 4.78 is 5.55. The van der Waals surface area contributed by atoms with Gasteiger partial charge < -0.3 is 15.3 Å². The summed E-state index contributed by atoms with van der Waals surface area (Å²) in [6.45, 7) is 7.21. The number of allylic oxidation sites excluding steroid dienone is 2. The number of nitrogens with zero attached hydrogens (tertiary/aromatic N) is 1. The Balaban J connectivity index is 0.000000237. The van der Waals surface area contributed by atoms with Crippen molar-refractivity contribution in [2.75, 3.05) is 6.61 Å². The molecule has 1 aliphatic heterocycles. The van der Waals surface area contributed by atoms with E-state index in [0.717, 1.165) is 18.3 Å². The van der Waals surface area contributed by atoms with Gasteiger partial charge in [0.2, 0.25) is 12.0 Å². The number of oxime groups is 1. The van der Waals surface area contributed by atoms with Crippen LogP contribution in [0, 0.1) is 11.8 Å². The molecule has 6 heteroatoms. The van der Waals surface area contributed by atoms with Gasteiger partial charge in [-0.1, -0.05) is 52.2 Å². The zero-order valence-electron chi connectivity index (χ0n) is 17.8. The molecule has 28 heavy (non-hydrogen) atoms. The highest BCUT2D eigenvalue weighted by Gasteiger charge is 2.42. The highest BCUT2D eigenvalue weighted by Crippen LogP contribution is 2.36. The summed E-state index contributed by atoms with van der Waals surface area (Å²) in [5.41, 5.74) is 5.35. The van der Waals surface area contributed by atoms with Crippen molar-refractivity contribution in [3.8, 4) is 0 Å². The Kier molecular flexibility index (Phi) is 10.2. The van der Waals surface area contributed by atoms with Gasteiger partial charge in [-0.25, -0.2) is 0 Å². The standard InChI is InChI=1S/C12H20N2O3S.C10H18/c1-2-7-16-12-10(9(11(13)15)17-14-12)18-8-5-3-4-6-8;1-3-9-6-5-7-10(4-2)8-9/h8-10H,2-7H2,1H3,(H2,13,15);5-6,9-10H,3-4,7-8H2,1-2H3. The molecule has 4 unspecified atom stereocenters. The Hall–Kier alpha value is -1.17. The molecule has 0 spiro atoms. The number of carbonyl (C=O) groups is 1. The van der Waals surface area contributed by atoms with Gasteiger partial charge in [0.25, 0.3) is 5.91 Å². The summed E-state index contributed by atoms with van der Waals surface area (Å²) in [6.07, 6.45) is 15.3. The minimum absolute atomic E-state index is 0.169. The molecule has 1 heterocycles. The Bertz CT molecular complexity index is 532. The van der Waals surface area contributed by atoms with E-state index in [1.807, 2.05) is 6.92 Å². The summed E-state index contributed by atoms with van der Waals surface area (Å²) in [6, 6.07) is 0. The number of rotatable bonds is 7. The summed E-state index contributed by atoms with van der Waals surface area (Å²) in [5, 5.41) is 4.27. The van der Waals surface area contributed by atoms with Gasteiger partial charge in [0.15, 0.2) is 0 Å². The first kappa shape index (κ1) is 23.1. The van der Waals surface area contributed by atoms with E-state index < -0.39 is 12.0 Å². The molecule has 4 atom stereocenters. The normalized spacial score (nSPS) is 29.6. The smallest absolute Gasteiger partial charge is 0.263 e. The van der Waals surface area contributed by atoms with Gasteiger partial charge in [-0.3, -0.25) is 4.79 Å². The molecular weight excluding hydrogens is 372 g/mol. The van der Waals surface area contributed by atoms with Gasteiger partial charge in [-0.15, -0.1) is 11.8 Å². The molecule has 1 fully saturated rings. The van der Waals surface area contributed by atoms with Gasteiger partial charge in [0.1, 0.15) is 5.25 Å². The van der Waals surface area contributed by atoms with E-state index in [2.05, 4.69) is 31.2 Å². The lowest BCUT2D eigenvalue weighted by atomic mass is 9.84. The molecule has 0 aromatic carbocycles. The highest BCUT2D eigenvalue weighted by atomic mass is 32.2. The van der Waals surface area contributed by atoms with Crippen LogP contribution in [0.2, 0.25) is 0 Å². The summed E-state index contributed by atoms with van der Waals surface area (Å²) in [4.78, 5) is 16.5. The lowest BCUT2D eigenvalue weighted by molar-refractivity contribution is -0.127. The topological polar surface area (TPSA) is 73.9 Å². The number of amides is 1. The minimum atomic E-state index is -0.678. The van der Waals surface area contributed by atoms with Crippen LogP contribution < -0.4 is 5.73 Å². The van der Waals surface area contributed by atoms with Crippen molar-refractivity contribution in [2.24, 2.45) is 22.7 Å². The van der Waals surface area contributed by atoms with Crippen molar-refractivity contribution in [2.45, 2.75) is 95.2 Å². The van der Waals surface area contributed by atoms with E-state index in [1.54, 1.807) is 11.8 Å². The molecule has 1 amide bonds. The van der Waals surface area contributed by atoms with Crippen molar-refractivity contribution < 1.29 is 14.4 Å². The number of carbonyl (C=O) groups excluding carboxylic acids is 1. The number of hydrogen-bond donors (Lipinski definition) is 1. The largest absolute Gasteiger partial charge is 0.478 e. The maximum atomic E-state index is 11.4. The monoisotopic (exact) mass is 410 g/mol. The van der Waals surface area contributed by atoms with Crippen molar-refractivity contribution in [3.05, 3.63) is 12.2 Å². The van der Waals surface area contributed by atoms with E-state index in [1.165, 1.54) is 51.4 Å². The van der Waals surface area contributed by atoms with Gasteiger partial charge in [-0.05, 0) is 55.5 Å². The van der Waals surface area contributed by atoms with E-state index in [4.69, 9.17) is 15.3 Å². The van der Waals surface area contributed by atoms with Crippen LogP contribution in [0.3, 0.4) is 0 Å². The van der Waals surface area contributed by atoms with Crippen molar-refractivity contribution in [1.29, 1.82) is 0 Å². The predicted molar refractivity (Wildman–Crippen MR) is 117 cm³/mol. The molecule has 0 aromatic rings. The summed E-state index contributed by atoms with van der Waals surface area (Å²) >= 11 is 1.73. The first-order valence-corrected chi connectivity index (χ1v) is 12.0. The Morgan fingerprint density at radius 3 is 2.64 bits per heavy atom. The number of nitrogens with two attached hydrogens (primary N) is 1. The number of thioether (sulfide) groups is 1. The second-order valence-corrected chi connectivity index (χ2v) is 9.46. The van der Waals surface area contributed by atoms with E-state index in [0.29, 0.717) is 17.8 Å². The average molecular weight is 411 g/mol. The minimum Gasteiger partial charge on any atom is -0.478 e. The first-order valence-electron chi connectivity index (χ1n) is 11.1. The lowest BCUT2D eigenvalue weighted by Crippen LogP contribution is -2.39. The van der Waals surface area contributed by atoms with Crippen molar-refractivity contribution >= 4 is 23.6 Å². The fraction of sp³-hybridized carbons (Fsp3) is 0.818. The van der Waals surface area contributed by atoms with Gasteiger partial charge >= 0.3 is 0 Å². The lowest BCUT2D eigenvalue weighted by Gasteiger charge is -2.22.